The van der Waals surface area contributed by atoms with Crippen LogP contribution in [0.2, 0.25) is 0 Å². The number of hydrogen-bond donors (Lipinski definition) is 3. The first-order valence-electron chi connectivity index (χ1n) is 11.1. The molecule has 34 heavy (non-hydrogen) atoms. The molecule has 1 aromatic heterocycles. The molecule has 1 heterocycles. The zero-order chi connectivity index (χ0) is 24.0. The lowest BCUT2D eigenvalue weighted by Crippen LogP contribution is -2.32. The minimum absolute atomic E-state index is 0.0439. The molecule has 1 aliphatic rings. The fourth-order valence-corrected chi connectivity index (χ4v) is 5.16. The lowest BCUT2D eigenvalue weighted by Gasteiger charge is -2.13. The first-order chi connectivity index (χ1) is 16.4. The molecule has 2 aromatic carbocycles. The Labute approximate surface area is 198 Å². The van der Waals surface area contributed by atoms with Crippen LogP contribution in [0.3, 0.4) is 0 Å². The molecule has 3 aromatic rings. The van der Waals surface area contributed by atoms with E-state index < -0.39 is 15.9 Å². The SMILES string of the molecule is O=C(NCc1ccncc1)Nc1ccc(S(=O)(=O)c2cccc(C(=O)NC3CCCC3)c2)cc1. The van der Waals surface area contributed by atoms with Crippen molar-refractivity contribution in [3.05, 3.63) is 84.2 Å². The van der Waals surface area contributed by atoms with Crippen molar-refractivity contribution in [3.8, 4) is 0 Å². The first kappa shape index (κ1) is 23.4. The molecule has 0 saturated heterocycles. The summed E-state index contributed by atoms with van der Waals surface area (Å²) in [6.45, 7) is 0.339. The van der Waals surface area contributed by atoms with Crippen LogP contribution in [0, 0.1) is 0 Å². The van der Waals surface area contributed by atoms with E-state index in [-0.39, 0.29) is 21.7 Å². The van der Waals surface area contributed by atoms with Crippen molar-refractivity contribution >= 4 is 27.5 Å². The third kappa shape index (κ3) is 5.79. The fraction of sp³-hybridized carbons (Fsp3) is 0.240. The maximum atomic E-state index is 13.1. The molecule has 3 N–H and O–H groups in total. The van der Waals surface area contributed by atoms with Gasteiger partial charge in [-0.1, -0.05) is 18.9 Å². The Balaban J connectivity index is 1.40. The number of pyridine rings is 1. The highest BCUT2D eigenvalue weighted by Gasteiger charge is 2.21. The summed E-state index contributed by atoms with van der Waals surface area (Å²) >= 11 is 0. The number of nitrogens with one attached hydrogen (secondary N) is 3. The molecule has 0 aliphatic heterocycles. The Kier molecular flexibility index (Phi) is 7.22. The Morgan fingerprint density at radius 3 is 2.32 bits per heavy atom. The highest BCUT2D eigenvalue weighted by atomic mass is 32.2. The van der Waals surface area contributed by atoms with E-state index in [1.54, 1.807) is 36.7 Å². The van der Waals surface area contributed by atoms with Crippen LogP contribution in [0.4, 0.5) is 10.5 Å². The molecule has 9 heteroatoms. The summed E-state index contributed by atoms with van der Waals surface area (Å²) in [6.07, 6.45) is 7.38. The van der Waals surface area contributed by atoms with Crippen molar-refractivity contribution in [1.29, 1.82) is 0 Å². The standard InChI is InChI=1S/C25H26N4O4S/c30-24(28-20-5-1-2-6-20)19-4-3-7-23(16-19)34(32,33)22-10-8-21(9-11-22)29-25(31)27-17-18-12-14-26-15-13-18/h3-4,7-16,20H,1-2,5-6,17H2,(H,28,30)(H2,27,29,31). The zero-order valence-electron chi connectivity index (χ0n) is 18.5. The van der Waals surface area contributed by atoms with Crippen molar-refractivity contribution in [2.24, 2.45) is 0 Å². The van der Waals surface area contributed by atoms with Gasteiger partial charge in [-0.05, 0) is 73.0 Å². The fourth-order valence-electron chi connectivity index (χ4n) is 3.86. The summed E-state index contributed by atoms with van der Waals surface area (Å²) in [6, 6.07) is 15.3. The van der Waals surface area contributed by atoms with Crippen LogP contribution in [-0.2, 0) is 16.4 Å². The van der Waals surface area contributed by atoms with Gasteiger partial charge < -0.3 is 16.0 Å². The number of nitrogens with zero attached hydrogens (tertiary/aromatic N) is 1. The summed E-state index contributed by atoms with van der Waals surface area (Å²) in [7, 11) is -3.83. The summed E-state index contributed by atoms with van der Waals surface area (Å²) in [5.74, 6) is -0.263. The van der Waals surface area contributed by atoms with Crippen LogP contribution in [0.1, 0.15) is 41.6 Å². The van der Waals surface area contributed by atoms with E-state index in [1.807, 2.05) is 0 Å². The van der Waals surface area contributed by atoms with Crippen LogP contribution >= 0.6 is 0 Å². The summed E-state index contributed by atoms with van der Waals surface area (Å²) in [5, 5.41) is 8.38. The number of aromatic nitrogens is 1. The van der Waals surface area contributed by atoms with Crippen molar-refractivity contribution in [2.45, 2.75) is 48.1 Å². The van der Waals surface area contributed by atoms with Crippen LogP contribution in [0.25, 0.3) is 0 Å². The highest BCUT2D eigenvalue weighted by molar-refractivity contribution is 7.91. The molecule has 1 saturated carbocycles. The second-order valence-corrected chi connectivity index (χ2v) is 10.1. The van der Waals surface area contributed by atoms with Gasteiger partial charge >= 0.3 is 6.03 Å². The van der Waals surface area contributed by atoms with E-state index in [9.17, 15) is 18.0 Å². The van der Waals surface area contributed by atoms with E-state index in [4.69, 9.17) is 0 Å². The predicted octanol–water partition coefficient (Wildman–Crippen LogP) is 3.91. The maximum Gasteiger partial charge on any atom is 0.319 e. The third-order valence-electron chi connectivity index (χ3n) is 5.72. The monoisotopic (exact) mass is 478 g/mol. The number of urea groups is 1. The zero-order valence-corrected chi connectivity index (χ0v) is 19.3. The van der Waals surface area contributed by atoms with E-state index in [1.165, 1.54) is 36.4 Å². The van der Waals surface area contributed by atoms with Crippen LogP contribution in [-0.4, -0.2) is 31.4 Å². The number of amides is 3. The molecule has 0 atom stereocenters. The Morgan fingerprint density at radius 2 is 1.62 bits per heavy atom. The Morgan fingerprint density at radius 1 is 0.912 bits per heavy atom. The number of benzene rings is 2. The Hall–Kier alpha value is -3.72. The first-order valence-corrected chi connectivity index (χ1v) is 12.6. The van der Waals surface area contributed by atoms with E-state index in [0.29, 0.717) is 17.8 Å². The number of carbonyl (C=O) groups excluding carboxylic acids is 2. The summed E-state index contributed by atoms with van der Waals surface area (Å²) in [5.41, 5.74) is 1.68. The van der Waals surface area contributed by atoms with Gasteiger partial charge in [0.2, 0.25) is 9.84 Å². The molecule has 0 bridgehead atoms. The van der Waals surface area contributed by atoms with Gasteiger partial charge in [-0.25, -0.2) is 13.2 Å². The molecule has 1 fully saturated rings. The number of rotatable bonds is 7. The van der Waals surface area contributed by atoms with E-state index in [2.05, 4.69) is 20.9 Å². The summed E-state index contributed by atoms with van der Waals surface area (Å²) < 4.78 is 26.2. The molecule has 3 amide bonds. The number of anilines is 1. The van der Waals surface area contributed by atoms with Crippen molar-refractivity contribution in [1.82, 2.24) is 15.6 Å². The minimum atomic E-state index is -3.83. The average Bonchev–Trinajstić information content (AvgIpc) is 3.37. The van der Waals surface area contributed by atoms with Gasteiger partial charge in [0.1, 0.15) is 0 Å². The van der Waals surface area contributed by atoms with Gasteiger partial charge in [-0.3, -0.25) is 9.78 Å². The van der Waals surface area contributed by atoms with Crippen LogP contribution < -0.4 is 16.0 Å². The topological polar surface area (TPSA) is 117 Å². The minimum Gasteiger partial charge on any atom is -0.349 e. The van der Waals surface area contributed by atoms with Gasteiger partial charge in [0, 0.05) is 36.2 Å². The number of hydrogen-bond acceptors (Lipinski definition) is 5. The largest absolute Gasteiger partial charge is 0.349 e. The van der Waals surface area contributed by atoms with Crippen molar-refractivity contribution in [3.63, 3.8) is 0 Å². The number of carbonyl (C=O) groups is 2. The van der Waals surface area contributed by atoms with Crippen molar-refractivity contribution < 1.29 is 18.0 Å². The molecule has 0 unspecified atom stereocenters. The molecule has 8 nitrogen and oxygen atoms in total. The van der Waals surface area contributed by atoms with Gasteiger partial charge in [0.15, 0.2) is 0 Å². The lowest BCUT2D eigenvalue weighted by atomic mass is 10.2. The maximum absolute atomic E-state index is 13.1. The highest BCUT2D eigenvalue weighted by Crippen LogP contribution is 2.24. The normalized spacial score (nSPS) is 13.9. The molecular weight excluding hydrogens is 452 g/mol. The van der Waals surface area contributed by atoms with Gasteiger partial charge in [0.05, 0.1) is 9.79 Å². The lowest BCUT2D eigenvalue weighted by molar-refractivity contribution is 0.0937. The molecular formula is C25H26N4O4S. The molecule has 0 spiro atoms. The van der Waals surface area contributed by atoms with Crippen LogP contribution in [0.5, 0.6) is 0 Å². The third-order valence-corrected chi connectivity index (χ3v) is 7.49. The second kappa shape index (κ2) is 10.5. The summed E-state index contributed by atoms with van der Waals surface area (Å²) in [4.78, 5) is 28.7. The van der Waals surface area contributed by atoms with E-state index in [0.717, 1.165) is 31.2 Å². The van der Waals surface area contributed by atoms with Gasteiger partial charge in [-0.15, -0.1) is 0 Å². The van der Waals surface area contributed by atoms with E-state index >= 15 is 0 Å². The molecule has 1 aliphatic carbocycles. The molecule has 176 valence electrons. The Bertz CT molecular complexity index is 1260. The van der Waals surface area contributed by atoms with Gasteiger partial charge in [0.25, 0.3) is 5.91 Å². The van der Waals surface area contributed by atoms with Gasteiger partial charge in [-0.2, -0.15) is 0 Å². The molecule has 0 radical (unpaired) electrons. The average molecular weight is 479 g/mol. The number of sulfone groups is 1. The molecule has 4 rings (SSSR count). The second-order valence-electron chi connectivity index (χ2n) is 8.17. The predicted molar refractivity (Wildman–Crippen MR) is 128 cm³/mol. The smallest absolute Gasteiger partial charge is 0.319 e. The quantitative estimate of drug-likeness (QED) is 0.476. The van der Waals surface area contributed by atoms with Crippen molar-refractivity contribution in [2.75, 3.05) is 5.32 Å². The van der Waals surface area contributed by atoms with Crippen LogP contribution in [0.15, 0.2) is 82.8 Å².